The van der Waals surface area contributed by atoms with Gasteiger partial charge in [-0.2, -0.15) is 0 Å². The molecule has 1 aliphatic rings. The summed E-state index contributed by atoms with van der Waals surface area (Å²) in [6.07, 6.45) is 3.02. The van der Waals surface area contributed by atoms with Gasteiger partial charge in [0, 0.05) is 16.5 Å². The molecule has 1 aliphatic heterocycles. The molecule has 0 radical (unpaired) electrons. The van der Waals surface area contributed by atoms with Crippen LogP contribution in [0.5, 0.6) is 11.5 Å². The number of carbonyl (C=O) groups excluding carboxylic acids is 1. The lowest BCUT2D eigenvalue weighted by Crippen LogP contribution is -2.40. The largest absolute Gasteiger partial charge is 0.497 e. The van der Waals surface area contributed by atoms with Crippen LogP contribution in [0, 0.1) is 6.92 Å². The van der Waals surface area contributed by atoms with Gasteiger partial charge < -0.3 is 18.6 Å². The van der Waals surface area contributed by atoms with Crippen LogP contribution in [-0.2, 0) is 9.53 Å². The highest BCUT2D eigenvalue weighted by atomic mass is 32.2. The number of furan rings is 1. The average molecular weight is 605 g/mol. The van der Waals surface area contributed by atoms with Crippen molar-refractivity contribution in [2.24, 2.45) is 4.99 Å². The second kappa shape index (κ2) is 12.9. The summed E-state index contributed by atoms with van der Waals surface area (Å²) in [6.45, 7) is 6.01. The third kappa shape index (κ3) is 5.96. The van der Waals surface area contributed by atoms with Gasteiger partial charge in [-0.15, -0.1) is 0 Å². The predicted octanol–water partition coefficient (Wildman–Crippen LogP) is 5.65. The van der Waals surface area contributed by atoms with Crippen LogP contribution in [-0.4, -0.2) is 31.4 Å². The standard InChI is InChI=1S/C32H32N2O6S2/c1-6-8-24-28(31(36)39-7-2)29(23-17-20(37-4)11-15-25(23)38-5)34-30(35)26(42-32(34)33-24)18-21-12-16-27(40-21)41-22-13-9-19(3)10-14-22/h9-18,29H,6-8H2,1-5H3/b26-18-/t29-/m1/s1. The van der Waals surface area contributed by atoms with Crippen LogP contribution < -0.4 is 24.4 Å². The van der Waals surface area contributed by atoms with Crippen LogP contribution in [0.15, 0.2) is 90.1 Å². The Kier molecular flexibility index (Phi) is 9.03. The predicted molar refractivity (Wildman–Crippen MR) is 163 cm³/mol. The van der Waals surface area contributed by atoms with Gasteiger partial charge in [-0.05, 0) is 62.7 Å². The lowest BCUT2D eigenvalue weighted by molar-refractivity contribution is -0.139. The number of fused-ring (bicyclic) bond motifs is 1. The number of rotatable bonds is 10. The van der Waals surface area contributed by atoms with E-state index < -0.39 is 12.0 Å². The third-order valence-electron chi connectivity index (χ3n) is 6.74. The highest BCUT2D eigenvalue weighted by molar-refractivity contribution is 7.99. The van der Waals surface area contributed by atoms with E-state index in [1.165, 1.54) is 28.7 Å². The second-order valence-electron chi connectivity index (χ2n) is 9.59. The zero-order chi connectivity index (χ0) is 29.8. The third-order valence-corrected chi connectivity index (χ3v) is 8.65. The zero-order valence-electron chi connectivity index (χ0n) is 24.1. The van der Waals surface area contributed by atoms with Gasteiger partial charge in [-0.25, -0.2) is 9.79 Å². The summed E-state index contributed by atoms with van der Waals surface area (Å²) < 4.78 is 24.7. The van der Waals surface area contributed by atoms with Crippen molar-refractivity contribution >= 4 is 35.1 Å². The van der Waals surface area contributed by atoms with Crippen LogP contribution in [0.4, 0.5) is 0 Å². The molecule has 10 heteroatoms. The minimum absolute atomic E-state index is 0.190. The highest BCUT2D eigenvalue weighted by Gasteiger charge is 2.36. The van der Waals surface area contributed by atoms with Crippen LogP contribution in [0.2, 0.25) is 0 Å². The van der Waals surface area contributed by atoms with Crippen molar-refractivity contribution in [2.45, 2.75) is 49.6 Å². The fourth-order valence-corrected chi connectivity index (χ4v) is 6.57. The summed E-state index contributed by atoms with van der Waals surface area (Å²) in [5, 5.41) is 0.715. The van der Waals surface area contributed by atoms with E-state index in [9.17, 15) is 9.59 Å². The van der Waals surface area contributed by atoms with E-state index >= 15 is 0 Å². The van der Waals surface area contributed by atoms with Gasteiger partial charge in [0.1, 0.15) is 23.3 Å². The Morgan fingerprint density at radius 3 is 2.57 bits per heavy atom. The summed E-state index contributed by atoms with van der Waals surface area (Å²) in [7, 11) is 3.12. The number of aromatic nitrogens is 1. The number of hydrogen-bond acceptors (Lipinski definition) is 9. The fourth-order valence-electron chi connectivity index (χ4n) is 4.79. The maximum Gasteiger partial charge on any atom is 0.338 e. The molecule has 0 N–H and O–H groups in total. The van der Waals surface area contributed by atoms with Gasteiger partial charge >= 0.3 is 5.97 Å². The molecule has 3 heterocycles. The fraction of sp³-hybridized carbons (Fsp3) is 0.281. The second-order valence-corrected chi connectivity index (χ2v) is 11.7. The van der Waals surface area contributed by atoms with Gasteiger partial charge in [-0.1, -0.05) is 54.1 Å². The number of thiazole rings is 1. The van der Waals surface area contributed by atoms with E-state index in [4.69, 9.17) is 23.6 Å². The van der Waals surface area contributed by atoms with Gasteiger partial charge in [0.15, 0.2) is 9.89 Å². The summed E-state index contributed by atoms with van der Waals surface area (Å²) in [5.41, 5.74) is 2.40. The summed E-state index contributed by atoms with van der Waals surface area (Å²) in [6, 6.07) is 16.4. The number of benzene rings is 2. The molecule has 42 heavy (non-hydrogen) atoms. The lowest BCUT2D eigenvalue weighted by Gasteiger charge is -2.27. The maximum atomic E-state index is 14.1. The van der Waals surface area contributed by atoms with E-state index in [0.29, 0.717) is 54.9 Å². The number of ether oxygens (including phenoxy) is 3. The molecular formula is C32H32N2O6S2. The Labute approximate surface area is 252 Å². The summed E-state index contributed by atoms with van der Waals surface area (Å²) >= 11 is 2.76. The molecule has 1 atom stereocenters. The molecule has 0 saturated heterocycles. The number of hydrogen-bond donors (Lipinski definition) is 0. The molecule has 0 fully saturated rings. The Morgan fingerprint density at radius 2 is 1.88 bits per heavy atom. The topological polar surface area (TPSA) is 92.3 Å². The smallest absolute Gasteiger partial charge is 0.338 e. The molecule has 0 aliphatic carbocycles. The molecule has 5 rings (SSSR count). The number of aryl methyl sites for hydroxylation is 1. The molecule has 0 amide bonds. The molecule has 218 valence electrons. The van der Waals surface area contributed by atoms with Gasteiger partial charge in [0.25, 0.3) is 5.56 Å². The quantitative estimate of drug-likeness (QED) is 0.216. The maximum absolute atomic E-state index is 14.1. The van der Waals surface area contributed by atoms with Crippen molar-refractivity contribution in [1.29, 1.82) is 0 Å². The molecule has 2 aromatic carbocycles. The number of methoxy groups -OCH3 is 2. The highest BCUT2D eigenvalue weighted by Crippen LogP contribution is 2.39. The number of allylic oxidation sites excluding steroid dienone is 1. The van der Waals surface area contributed by atoms with Gasteiger partial charge in [0.2, 0.25) is 0 Å². The van der Waals surface area contributed by atoms with E-state index in [0.717, 1.165) is 11.3 Å². The molecule has 2 aromatic heterocycles. The minimum Gasteiger partial charge on any atom is -0.497 e. The Balaban J connectivity index is 1.66. The molecular weight excluding hydrogens is 572 g/mol. The number of nitrogens with zero attached hydrogens (tertiary/aromatic N) is 2. The lowest BCUT2D eigenvalue weighted by atomic mass is 9.93. The van der Waals surface area contributed by atoms with Crippen molar-refractivity contribution in [2.75, 3.05) is 20.8 Å². The summed E-state index contributed by atoms with van der Waals surface area (Å²) in [4.78, 5) is 33.9. The zero-order valence-corrected chi connectivity index (χ0v) is 25.8. The molecule has 0 bridgehead atoms. The van der Waals surface area contributed by atoms with E-state index in [1.54, 1.807) is 50.0 Å². The van der Waals surface area contributed by atoms with Crippen molar-refractivity contribution in [3.8, 4) is 11.5 Å². The Morgan fingerprint density at radius 1 is 1.10 bits per heavy atom. The molecule has 0 unspecified atom stereocenters. The van der Waals surface area contributed by atoms with E-state index in [2.05, 4.69) is 12.1 Å². The number of esters is 1. The first kappa shape index (κ1) is 29.5. The van der Waals surface area contributed by atoms with Crippen molar-refractivity contribution in [3.05, 3.63) is 102 Å². The van der Waals surface area contributed by atoms with Crippen LogP contribution >= 0.6 is 23.1 Å². The molecule has 4 aromatic rings. The SMILES string of the molecule is CCCC1=C(C(=O)OCC)[C@@H](c2cc(OC)ccc2OC)n2c(s/c(=C\c3ccc(Sc4ccc(C)cc4)o3)c2=O)=N1. The monoisotopic (exact) mass is 604 g/mol. The van der Waals surface area contributed by atoms with E-state index in [-0.39, 0.29) is 12.2 Å². The normalized spacial score (nSPS) is 14.9. The van der Waals surface area contributed by atoms with Crippen molar-refractivity contribution in [1.82, 2.24) is 4.57 Å². The number of carbonyl (C=O) groups is 1. The molecule has 8 nitrogen and oxygen atoms in total. The minimum atomic E-state index is -0.821. The first-order valence-electron chi connectivity index (χ1n) is 13.6. The van der Waals surface area contributed by atoms with Gasteiger partial charge in [-0.3, -0.25) is 9.36 Å². The van der Waals surface area contributed by atoms with E-state index in [1.807, 2.05) is 38.1 Å². The molecule has 0 spiro atoms. The van der Waals surface area contributed by atoms with Crippen LogP contribution in [0.25, 0.3) is 6.08 Å². The molecule has 0 saturated carbocycles. The first-order valence-corrected chi connectivity index (χ1v) is 15.3. The van der Waals surface area contributed by atoms with Crippen LogP contribution in [0.1, 0.15) is 49.6 Å². The van der Waals surface area contributed by atoms with Crippen molar-refractivity contribution < 1.29 is 23.4 Å². The average Bonchev–Trinajstić information content (AvgIpc) is 3.56. The summed E-state index contributed by atoms with van der Waals surface area (Å²) in [5.74, 6) is 1.11. The van der Waals surface area contributed by atoms with Crippen LogP contribution in [0.3, 0.4) is 0 Å². The Hall–Kier alpha value is -4.02. The Bertz CT molecular complexity index is 1810. The van der Waals surface area contributed by atoms with Gasteiger partial charge in [0.05, 0.1) is 36.6 Å². The first-order chi connectivity index (χ1) is 20.4. The van der Waals surface area contributed by atoms with Crippen molar-refractivity contribution in [3.63, 3.8) is 0 Å².